The maximum absolute atomic E-state index is 11.0. The van der Waals surface area contributed by atoms with Crippen LogP contribution in [0.1, 0.15) is 0 Å². The number of benzene rings is 1. The molecule has 1 aromatic carbocycles. The first-order valence-electron chi connectivity index (χ1n) is 3.98. The van der Waals surface area contributed by atoms with E-state index in [-0.39, 0.29) is 18.2 Å². The van der Waals surface area contributed by atoms with Crippen molar-refractivity contribution in [3.8, 4) is 5.75 Å². The Balaban J connectivity index is 2.53. The molecule has 0 saturated heterocycles. The van der Waals surface area contributed by atoms with Crippen LogP contribution >= 0.6 is 15.9 Å². The van der Waals surface area contributed by atoms with Crippen molar-refractivity contribution in [2.75, 3.05) is 11.9 Å². The van der Waals surface area contributed by atoms with Gasteiger partial charge in [0.2, 0.25) is 0 Å². The van der Waals surface area contributed by atoms with Crippen molar-refractivity contribution >= 4 is 33.2 Å². The lowest BCUT2D eigenvalue weighted by Gasteiger charge is -2.18. The van der Waals surface area contributed by atoms with Gasteiger partial charge in [0.15, 0.2) is 12.4 Å². The van der Waals surface area contributed by atoms with E-state index in [2.05, 4.69) is 21.2 Å². The zero-order chi connectivity index (χ0) is 11.0. The van der Waals surface area contributed by atoms with E-state index in [1.807, 2.05) is 0 Å². The molecule has 0 radical (unpaired) electrons. The van der Waals surface area contributed by atoms with Gasteiger partial charge in [-0.15, -0.1) is 0 Å². The van der Waals surface area contributed by atoms with Crippen molar-refractivity contribution in [2.24, 2.45) is 0 Å². The van der Waals surface area contributed by atoms with Crippen LogP contribution in [0.25, 0.3) is 0 Å². The van der Waals surface area contributed by atoms with E-state index >= 15 is 0 Å². The molecule has 0 saturated carbocycles. The molecule has 0 unspecified atom stereocenters. The fraction of sp³-hybridized carbons (Fsp3) is 0.125. The van der Waals surface area contributed by atoms with Gasteiger partial charge in [0.1, 0.15) is 0 Å². The molecule has 6 nitrogen and oxygen atoms in total. The zero-order valence-corrected chi connectivity index (χ0v) is 8.91. The fourth-order valence-corrected chi connectivity index (χ4v) is 1.81. The molecule has 1 aliphatic rings. The fourth-order valence-electron chi connectivity index (χ4n) is 1.25. The van der Waals surface area contributed by atoms with E-state index in [0.29, 0.717) is 15.9 Å². The zero-order valence-electron chi connectivity index (χ0n) is 7.32. The molecule has 1 amide bonds. The van der Waals surface area contributed by atoms with Crippen LogP contribution in [0, 0.1) is 10.1 Å². The maximum Gasteiger partial charge on any atom is 0.272 e. The summed E-state index contributed by atoms with van der Waals surface area (Å²) < 4.78 is 5.57. The van der Waals surface area contributed by atoms with Gasteiger partial charge in [0.25, 0.3) is 11.6 Å². The monoisotopic (exact) mass is 272 g/mol. The van der Waals surface area contributed by atoms with Crippen molar-refractivity contribution in [2.45, 2.75) is 0 Å². The first-order valence-corrected chi connectivity index (χ1v) is 4.78. The number of non-ortho nitro benzene ring substituents is 1. The van der Waals surface area contributed by atoms with Crippen LogP contribution in [-0.4, -0.2) is 17.4 Å². The van der Waals surface area contributed by atoms with Gasteiger partial charge >= 0.3 is 0 Å². The minimum atomic E-state index is -0.536. The van der Waals surface area contributed by atoms with E-state index < -0.39 is 4.92 Å². The third kappa shape index (κ3) is 1.78. The highest BCUT2D eigenvalue weighted by Crippen LogP contribution is 2.38. The van der Waals surface area contributed by atoms with E-state index in [9.17, 15) is 14.9 Å². The quantitative estimate of drug-likeness (QED) is 0.623. The molecular weight excluding hydrogens is 268 g/mol. The molecule has 1 N–H and O–H groups in total. The van der Waals surface area contributed by atoms with Crippen LogP contribution in [0.15, 0.2) is 16.6 Å². The smallest absolute Gasteiger partial charge is 0.272 e. The van der Waals surface area contributed by atoms with Crippen molar-refractivity contribution in [3.63, 3.8) is 0 Å². The first-order chi connectivity index (χ1) is 7.08. The number of hydrogen-bond donors (Lipinski definition) is 1. The second-order valence-corrected chi connectivity index (χ2v) is 3.75. The molecule has 1 heterocycles. The average molecular weight is 273 g/mol. The van der Waals surface area contributed by atoms with Crippen molar-refractivity contribution in [3.05, 3.63) is 26.7 Å². The third-order valence-corrected chi connectivity index (χ3v) is 2.45. The number of amides is 1. The van der Waals surface area contributed by atoms with Crippen LogP contribution in [0.2, 0.25) is 0 Å². The molecule has 0 aliphatic carbocycles. The molecule has 1 aromatic rings. The molecule has 0 aromatic heterocycles. The Morgan fingerprint density at radius 2 is 2.27 bits per heavy atom. The highest BCUT2D eigenvalue weighted by Gasteiger charge is 2.22. The highest BCUT2D eigenvalue weighted by atomic mass is 79.9. The van der Waals surface area contributed by atoms with Crippen LogP contribution in [-0.2, 0) is 4.79 Å². The molecule has 78 valence electrons. The number of nitro benzene ring substituents is 1. The summed E-state index contributed by atoms with van der Waals surface area (Å²) in [5.74, 6) is 0.0927. The summed E-state index contributed by atoms with van der Waals surface area (Å²) in [5, 5.41) is 13.0. The summed E-state index contributed by atoms with van der Waals surface area (Å²) in [5.41, 5.74) is 0.207. The number of fused-ring (bicyclic) bond motifs is 1. The summed E-state index contributed by atoms with van der Waals surface area (Å²) >= 11 is 3.14. The van der Waals surface area contributed by atoms with Crippen molar-refractivity contribution in [1.29, 1.82) is 0 Å². The summed E-state index contributed by atoms with van der Waals surface area (Å²) in [6, 6.07) is 2.59. The second kappa shape index (κ2) is 3.50. The lowest BCUT2D eigenvalue weighted by Crippen LogP contribution is -2.25. The number of anilines is 1. The Morgan fingerprint density at radius 3 is 2.93 bits per heavy atom. The Hall–Kier alpha value is -1.63. The Labute approximate surface area is 92.5 Å². The maximum atomic E-state index is 11.0. The molecule has 0 atom stereocenters. The minimum Gasteiger partial charge on any atom is -0.480 e. The molecule has 1 aliphatic heterocycles. The van der Waals surface area contributed by atoms with E-state index in [4.69, 9.17) is 4.74 Å². The number of halogens is 1. The second-order valence-electron chi connectivity index (χ2n) is 2.90. The van der Waals surface area contributed by atoms with E-state index in [1.165, 1.54) is 12.1 Å². The largest absolute Gasteiger partial charge is 0.480 e. The Morgan fingerprint density at radius 1 is 1.53 bits per heavy atom. The summed E-state index contributed by atoms with van der Waals surface area (Å²) in [6.07, 6.45) is 0. The normalized spacial score (nSPS) is 13.8. The standard InChI is InChI=1S/C8H5BrN2O4/c9-5-1-4(11(13)14)2-6-8(5)15-3-7(12)10-6/h1-2H,3H2,(H,10,12). The highest BCUT2D eigenvalue weighted by molar-refractivity contribution is 9.10. The van der Waals surface area contributed by atoms with Gasteiger partial charge in [-0.3, -0.25) is 14.9 Å². The number of rotatable bonds is 1. The van der Waals surface area contributed by atoms with Gasteiger partial charge in [-0.25, -0.2) is 0 Å². The molecule has 15 heavy (non-hydrogen) atoms. The van der Waals surface area contributed by atoms with Crippen LogP contribution in [0.3, 0.4) is 0 Å². The van der Waals surface area contributed by atoms with Crippen molar-refractivity contribution in [1.82, 2.24) is 0 Å². The van der Waals surface area contributed by atoms with Crippen LogP contribution in [0.5, 0.6) is 5.75 Å². The molecule has 0 spiro atoms. The predicted molar refractivity (Wildman–Crippen MR) is 54.9 cm³/mol. The number of carbonyl (C=O) groups is 1. The SMILES string of the molecule is O=C1COc2c(Br)cc([N+](=O)[O-])cc2N1. The Kier molecular flexibility index (Phi) is 2.31. The number of nitro groups is 1. The molecular formula is C8H5BrN2O4. The summed E-state index contributed by atoms with van der Waals surface area (Å²) in [4.78, 5) is 21.0. The van der Waals surface area contributed by atoms with Gasteiger partial charge in [-0.1, -0.05) is 0 Å². The van der Waals surface area contributed by atoms with E-state index in [0.717, 1.165) is 0 Å². The van der Waals surface area contributed by atoms with Gasteiger partial charge in [-0.05, 0) is 15.9 Å². The average Bonchev–Trinajstić information content (AvgIpc) is 2.16. The number of nitrogens with zero attached hydrogens (tertiary/aromatic N) is 1. The topological polar surface area (TPSA) is 81.5 Å². The number of ether oxygens (including phenoxy) is 1. The molecule has 0 fully saturated rings. The van der Waals surface area contributed by atoms with Gasteiger partial charge in [0, 0.05) is 12.1 Å². The molecule has 0 bridgehead atoms. The van der Waals surface area contributed by atoms with Gasteiger partial charge in [0.05, 0.1) is 15.1 Å². The Bertz CT molecular complexity index is 460. The third-order valence-electron chi connectivity index (χ3n) is 1.86. The lowest BCUT2D eigenvalue weighted by atomic mass is 10.2. The number of nitrogens with one attached hydrogen (secondary N) is 1. The van der Waals surface area contributed by atoms with Gasteiger partial charge in [-0.2, -0.15) is 0 Å². The minimum absolute atomic E-state index is 0.0799. The molecule has 2 rings (SSSR count). The van der Waals surface area contributed by atoms with Crippen molar-refractivity contribution < 1.29 is 14.5 Å². The van der Waals surface area contributed by atoms with Gasteiger partial charge < -0.3 is 10.1 Å². The van der Waals surface area contributed by atoms with Crippen LogP contribution < -0.4 is 10.1 Å². The lowest BCUT2D eigenvalue weighted by molar-refractivity contribution is -0.384. The van der Waals surface area contributed by atoms with Crippen LogP contribution in [0.4, 0.5) is 11.4 Å². The van der Waals surface area contributed by atoms with E-state index in [1.54, 1.807) is 0 Å². The first kappa shape index (κ1) is 9.91. The number of carbonyl (C=O) groups excluding carboxylic acids is 1. The summed E-state index contributed by atoms with van der Waals surface area (Å²) in [6.45, 7) is -0.0799. The summed E-state index contributed by atoms with van der Waals surface area (Å²) in [7, 11) is 0. The molecule has 7 heteroatoms. The predicted octanol–water partition coefficient (Wildman–Crippen LogP) is 1.69. The number of hydrogen-bond acceptors (Lipinski definition) is 4.